The summed E-state index contributed by atoms with van der Waals surface area (Å²) in [5.74, 6) is -0.0681. The highest BCUT2D eigenvalue weighted by molar-refractivity contribution is 5.82. The summed E-state index contributed by atoms with van der Waals surface area (Å²) < 4.78 is 5.45. The summed E-state index contributed by atoms with van der Waals surface area (Å²) in [7, 11) is 3.41. The normalized spacial score (nSPS) is 16.6. The molecule has 0 aromatic heterocycles. The molecule has 1 aliphatic carbocycles. The lowest BCUT2D eigenvalue weighted by Gasteiger charge is -2.35. The molecule has 0 saturated heterocycles. The van der Waals surface area contributed by atoms with Gasteiger partial charge >= 0.3 is 6.09 Å². The second-order valence-electron chi connectivity index (χ2n) is 6.69. The molecule has 0 radical (unpaired) electrons. The van der Waals surface area contributed by atoms with E-state index in [-0.39, 0.29) is 24.6 Å². The number of rotatable bonds is 3. The number of carbonyl (C=O) groups is 2. The Balaban J connectivity index is 2.77. The molecule has 5 heteroatoms. The molecule has 0 N–H and O–H groups in total. The Morgan fingerprint density at radius 2 is 1.65 bits per heavy atom. The molecule has 116 valence electrons. The maximum absolute atomic E-state index is 12.3. The molecular formula is C15H28N2O3. The maximum Gasteiger partial charge on any atom is 0.411 e. The van der Waals surface area contributed by atoms with Gasteiger partial charge in [-0.15, -0.1) is 0 Å². The van der Waals surface area contributed by atoms with Crippen molar-refractivity contribution < 1.29 is 14.3 Å². The van der Waals surface area contributed by atoms with Crippen molar-refractivity contribution in [3.63, 3.8) is 0 Å². The van der Waals surface area contributed by atoms with Crippen molar-refractivity contribution in [2.24, 2.45) is 0 Å². The highest BCUT2D eigenvalue weighted by Gasteiger charge is 2.31. The number of carbonyl (C=O) groups excluding carboxylic acids is 2. The van der Waals surface area contributed by atoms with Gasteiger partial charge in [0.1, 0.15) is 12.1 Å². The van der Waals surface area contributed by atoms with Crippen molar-refractivity contribution in [2.45, 2.75) is 64.5 Å². The molecule has 0 aliphatic heterocycles. The summed E-state index contributed by atoms with van der Waals surface area (Å²) in [6.07, 6.45) is 4.97. The SMILES string of the molecule is CN(C)C(=O)CN(C(=O)OC(C)(C)C)C1CCCCC1. The van der Waals surface area contributed by atoms with Crippen LogP contribution in [0, 0.1) is 0 Å². The summed E-state index contributed by atoms with van der Waals surface area (Å²) in [6, 6.07) is 0.127. The smallest absolute Gasteiger partial charge is 0.411 e. The van der Waals surface area contributed by atoms with Crippen LogP contribution in [0.4, 0.5) is 4.79 Å². The molecule has 0 aromatic carbocycles. The van der Waals surface area contributed by atoms with Crippen LogP contribution in [-0.4, -0.2) is 54.1 Å². The Labute approximate surface area is 122 Å². The van der Waals surface area contributed by atoms with E-state index in [9.17, 15) is 9.59 Å². The van der Waals surface area contributed by atoms with Crippen molar-refractivity contribution >= 4 is 12.0 Å². The van der Waals surface area contributed by atoms with Gasteiger partial charge in [0.25, 0.3) is 0 Å². The predicted molar refractivity (Wildman–Crippen MR) is 78.5 cm³/mol. The van der Waals surface area contributed by atoms with E-state index < -0.39 is 5.60 Å². The second kappa shape index (κ2) is 6.95. The van der Waals surface area contributed by atoms with Gasteiger partial charge in [0.15, 0.2) is 0 Å². The van der Waals surface area contributed by atoms with Crippen LogP contribution in [0.2, 0.25) is 0 Å². The number of hydrogen-bond acceptors (Lipinski definition) is 3. The number of amides is 2. The van der Waals surface area contributed by atoms with Gasteiger partial charge in [0.05, 0.1) is 0 Å². The van der Waals surface area contributed by atoms with Crippen molar-refractivity contribution in [3.8, 4) is 0 Å². The first-order valence-electron chi connectivity index (χ1n) is 7.40. The zero-order chi connectivity index (χ0) is 15.3. The zero-order valence-electron chi connectivity index (χ0n) is 13.4. The molecule has 0 bridgehead atoms. The molecule has 5 nitrogen and oxygen atoms in total. The quantitative estimate of drug-likeness (QED) is 0.800. The lowest BCUT2D eigenvalue weighted by Crippen LogP contribution is -2.48. The van der Waals surface area contributed by atoms with Crippen LogP contribution < -0.4 is 0 Å². The molecule has 1 rings (SSSR count). The third kappa shape index (κ3) is 5.39. The van der Waals surface area contributed by atoms with Gasteiger partial charge < -0.3 is 9.64 Å². The second-order valence-corrected chi connectivity index (χ2v) is 6.69. The van der Waals surface area contributed by atoms with Gasteiger partial charge in [-0.3, -0.25) is 9.69 Å². The highest BCUT2D eigenvalue weighted by atomic mass is 16.6. The minimum absolute atomic E-state index is 0.0681. The molecule has 0 aromatic rings. The average Bonchev–Trinajstić information content (AvgIpc) is 2.34. The van der Waals surface area contributed by atoms with Crippen LogP contribution in [0.25, 0.3) is 0 Å². The first-order chi connectivity index (χ1) is 9.20. The van der Waals surface area contributed by atoms with Crippen LogP contribution in [0.15, 0.2) is 0 Å². The summed E-state index contributed by atoms with van der Waals surface area (Å²) in [5.41, 5.74) is -0.537. The Morgan fingerprint density at radius 3 is 2.10 bits per heavy atom. The van der Waals surface area contributed by atoms with Gasteiger partial charge in [-0.2, -0.15) is 0 Å². The first-order valence-corrected chi connectivity index (χ1v) is 7.40. The zero-order valence-corrected chi connectivity index (χ0v) is 13.4. The van der Waals surface area contributed by atoms with E-state index in [1.54, 1.807) is 19.0 Å². The van der Waals surface area contributed by atoms with E-state index in [0.717, 1.165) is 25.7 Å². The van der Waals surface area contributed by atoms with E-state index in [1.807, 2.05) is 20.8 Å². The topological polar surface area (TPSA) is 49.9 Å². The monoisotopic (exact) mass is 284 g/mol. The third-order valence-corrected chi connectivity index (χ3v) is 3.45. The Morgan fingerprint density at radius 1 is 1.10 bits per heavy atom. The lowest BCUT2D eigenvalue weighted by atomic mass is 9.94. The largest absolute Gasteiger partial charge is 0.444 e. The lowest BCUT2D eigenvalue weighted by molar-refractivity contribution is -0.130. The van der Waals surface area contributed by atoms with E-state index in [1.165, 1.54) is 11.3 Å². The number of hydrogen-bond donors (Lipinski definition) is 0. The standard InChI is InChI=1S/C15H28N2O3/c1-15(2,3)20-14(19)17(11-13(18)16(4)5)12-9-7-6-8-10-12/h12H,6-11H2,1-5H3. The average molecular weight is 284 g/mol. The maximum atomic E-state index is 12.3. The van der Waals surface area contributed by atoms with Gasteiger partial charge in [-0.25, -0.2) is 4.79 Å². The first kappa shape index (κ1) is 16.8. The van der Waals surface area contributed by atoms with Crippen molar-refractivity contribution in [1.82, 2.24) is 9.80 Å². The molecular weight excluding hydrogens is 256 g/mol. The third-order valence-electron chi connectivity index (χ3n) is 3.45. The summed E-state index contributed by atoms with van der Waals surface area (Å²) in [6.45, 7) is 5.64. The fraction of sp³-hybridized carbons (Fsp3) is 0.867. The van der Waals surface area contributed by atoms with Crippen LogP contribution in [0.5, 0.6) is 0 Å². The number of ether oxygens (including phenoxy) is 1. The van der Waals surface area contributed by atoms with Crippen molar-refractivity contribution in [3.05, 3.63) is 0 Å². The van der Waals surface area contributed by atoms with Crippen LogP contribution in [0.1, 0.15) is 52.9 Å². The molecule has 0 atom stereocenters. The van der Waals surface area contributed by atoms with Gasteiger partial charge in [-0.05, 0) is 33.6 Å². The fourth-order valence-corrected chi connectivity index (χ4v) is 2.34. The predicted octanol–water partition coefficient (Wildman–Crippen LogP) is 2.64. The molecule has 0 heterocycles. The summed E-state index contributed by atoms with van der Waals surface area (Å²) in [4.78, 5) is 27.4. The van der Waals surface area contributed by atoms with Crippen molar-refractivity contribution in [1.29, 1.82) is 0 Å². The van der Waals surface area contributed by atoms with E-state index >= 15 is 0 Å². The highest BCUT2D eigenvalue weighted by Crippen LogP contribution is 2.24. The van der Waals surface area contributed by atoms with Crippen LogP contribution >= 0.6 is 0 Å². The van der Waals surface area contributed by atoms with Crippen LogP contribution in [0.3, 0.4) is 0 Å². The number of nitrogens with zero attached hydrogens (tertiary/aromatic N) is 2. The van der Waals surface area contributed by atoms with Gasteiger partial charge in [0.2, 0.25) is 5.91 Å². The Kier molecular flexibility index (Phi) is 5.84. The summed E-state index contributed by atoms with van der Waals surface area (Å²) >= 11 is 0. The molecule has 20 heavy (non-hydrogen) atoms. The van der Waals surface area contributed by atoms with Gasteiger partial charge in [0, 0.05) is 20.1 Å². The fourth-order valence-electron chi connectivity index (χ4n) is 2.34. The van der Waals surface area contributed by atoms with Crippen LogP contribution in [-0.2, 0) is 9.53 Å². The van der Waals surface area contributed by atoms with Gasteiger partial charge in [-0.1, -0.05) is 19.3 Å². The summed E-state index contributed by atoms with van der Waals surface area (Å²) in [5, 5.41) is 0. The Hall–Kier alpha value is -1.26. The number of likely N-dealkylation sites (N-methyl/N-ethyl adjacent to an activating group) is 1. The molecule has 1 fully saturated rings. The molecule has 2 amide bonds. The Bertz CT molecular complexity index is 342. The van der Waals surface area contributed by atoms with E-state index in [4.69, 9.17) is 4.74 Å². The molecule has 0 unspecified atom stereocenters. The van der Waals surface area contributed by atoms with Crippen molar-refractivity contribution in [2.75, 3.05) is 20.6 Å². The minimum atomic E-state index is -0.537. The molecule has 0 spiro atoms. The van der Waals surface area contributed by atoms with E-state index in [2.05, 4.69) is 0 Å². The molecule has 1 saturated carbocycles. The van der Waals surface area contributed by atoms with E-state index in [0.29, 0.717) is 0 Å². The molecule has 1 aliphatic rings. The minimum Gasteiger partial charge on any atom is -0.444 e.